The van der Waals surface area contributed by atoms with E-state index in [4.69, 9.17) is 0 Å². The lowest BCUT2D eigenvalue weighted by atomic mass is 10.2. The highest BCUT2D eigenvalue weighted by Gasteiger charge is 2.02. The number of halogens is 1. The highest BCUT2D eigenvalue weighted by Crippen LogP contribution is 2.19. The molecule has 0 atom stereocenters. The monoisotopic (exact) mass is 303 g/mol. The number of amides is 1. The van der Waals surface area contributed by atoms with Gasteiger partial charge in [-0.15, -0.1) is 11.8 Å². The van der Waals surface area contributed by atoms with Crippen LogP contribution in [0.5, 0.6) is 0 Å². The Morgan fingerprint density at radius 3 is 2.48 bits per heavy atom. The molecule has 1 N–H and O–H groups in total. The van der Waals surface area contributed by atoms with Crippen LogP contribution < -0.4 is 5.32 Å². The molecule has 0 aromatic heterocycles. The van der Waals surface area contributed by atoms with Gasteiger partial charge in [0.05, 0.1) is 0 Å². The standard InChI is InChI=1S/C17H18FNOS/c18-15-8-10-16(11-9-15)21-12-4-7-17(20)19-13-14-5-2-1-3-6-14/h1-3,5-6,8-11H,4,7,12-13H2,(H,19,20). The Morgan fingerprint density at radius 2 is 1.76 bits per heavy atom. The maximum absolute atomic E-state index is 12.7. The first-order chi connectivity index (χ1) is 10.2. The molecule has 0 saturated carbocycles. The van der Waals surface area contributed by atoms with Crippen LogP contribution in [-0.4, -0.2) is 11.7 Å². The Labute approximate surface area is 128 Å². The summed E-state index contributed by atoms with van der Waals surface area (Å²) < 4.78 is 12.7. The Bertz CT molecular complexity index is 557. The summed E-state index contributed by atoms with van der Waals surface area (Å²) >= 11 is 1.64. The van der Waals surface area contributed by atoms with E-state index < -0.39 is 0 Å². The minimum Gasteiger partial charge on any atom is -0.352 e. The number of benzene rings is 2. The summed E-state index contributed by atoms with van der Waals surface area (Å²) in [4.78, 5) is 12.7. The minimum absolute atomic E-state index is 0.0681. The van der Waals surface area contributed by atoms with E-state index in [0.717, 1.165) is 22.6 Å². The predicted molar refractivity (Wildman–Crippen MR) is 84.6 cm³/mol. The Kier molecular flexibility index (Phi) is 6.28. The highest BCUT2D eigenvalue weighted by atomic mass is 32.2. The lowest BCUT2D eigenvalue weighted by molar-refractivity contribution is -0.121. The molecule has 0 bridgehead atoms. The first-order valence-corrected chi connectivity index (χ1v) is 7.91. The minimum atomic E-state index is -0.223. The van der Waals surface area contributed by atoms with Crippen molar-refractivity contribution >= 4 is 17.7 Å². The van der Waals surface area contributed by atoms with Gasteiger partial charge in [0.25, 0.3) is 0 Å². The molecule has 0 fully saturated rings. The molecule has 4 heteroatoms. The van der Waals surface area contributed by atoms with Crippen molar-refractivity contribution in [2.24, 2.45) is 0 Å². The van der Waals surface area contributed by atoms with E-state index in [1.165, 1.54) is 12.1 Å². The second kappa shape index (κ2) is 8.47. The molecule has 110 valence electrons. The van der Waals surface area contributed by atoms with Gasteiger partial charge in [-0.1, -0.05) is 30.3 Å². The van der Waals surface area contributed by atoms with Crippen molar-refractivity contribution in [2.45, 2.75) is 24.3 Å². The van der Waals surface area contributed by atoms with Gasteiger partial charge >= 0.3 is 0 Å². The summed E-state index contributed by atoms with van der Waals surface area (Å²) in [6.07, 6.45) is 1.32. The lowest BCUT2D eigenvalue weighted by Crippen LogP contribution is -2.22. The maximum atomic E-state index is 12.7. The SMILES string of the molecule is O=C(CCCSc1ccc(F)cc1)NCc1ccccc1. The quantitative estimate of drug-likeness (QED) is 0.618. The number of carbonyl (C=O) groups excluding carboxylic acids is 1. The first kappa shape index (κ1) is 15.6. The van der Waals surface area contributed by atoms with E-state index in [2.05, 4.69) is 5.32 Å². The summed E-state index contributed by atoms with van der Waals surface area (Å²) in [5.41, 5.74) is 1.10. The van der Waals surface area contributed by atoms with Gasteiger partial charge in [0, 0.05) is 17.9 Å². The van der Waals surface area contributed by atoms with E-state index >= 15 is 0 Å². The Hall–Kier alpha value is -1.81. The fourth-order valence-corrected chi connectivity index (χ4v) is 2.69. The van der Waals surface area contributed by atoms with Crippen molar-refractivity contribution in [3.8, 4) is 0 Å². The molecule has 0 aliphatic rings. The van der Waals surface area contributed by atoms with E-state index in [1.54, 1.807) is 23.9 Å². The average Bonchev–Trinajstić information content (AvgIpc) is 2.52. The molecule has 2 aromatic rings. The van der Waals surface area contributed by atoms with Crippen molar-refractivity contribution < 1.29 is 9.18 Å². The van der Waals surface area contributed by atoms with E-state index in [1.807, 2.05) is 30.3 Å². The van der Waals surface area contributed by atoms with Crippen molar-refractivity contribution in [3.63, 3.8) is 0 Å². The van der Waals surface area contributed by atoms with Crippen LogP contribution in [0, 0.1) is 5.82 Å². The molecule has 2 aromatic carbocycles. The molecule has 0 saturated heterocycles. The van der Waals surface area contributed by atoms with Crippen LogP contribution in [0.15, 0.2) is 59.5 Å². The number of carbonyl (C=O) groups is 1. The lowest BCUT2D eigenvalue weighted by Gasteiger charge is -2.05. The summed E-state index contributed by atoms with van der Waals surface area (Å²) in [7, 11) is 0. The van der Waals surface area contributed by atoms with Gasteiger partial charge in [-0.25, -0.2) is 4.39 Å². The number of thioether (sulfide) groups is 1. The van der Waals surface area contributed by atoms with Gasteiger partial charge in [0.15, 0.2) is 0 Å². The number of hydrogen-bond donors (Lipinski definition) is 1. The zero-order chi connectivity index (χ0) is 14.9. The largest absolute Gasteiger partial charge is 0.352 e. The third-order valence-electron chi connectivity index (χ3n) is 2.96. The van der Waals surface area contributed by atoms with Crippen LogP contribution in [0.25, 0.3) is 0 Å². The topological polar surface area (TPSA) is 29.1 Å². The molecule has 0 aliphatic carbocycles. The first-order valence-electron chi connectivity index (χ1n) is 6.93. The van der Waals surface area contributed by atoms with Gasteiger partial charge in [0.2, 0.25) is 5.91 Å². The summed E-state index contributed by atoms with van der Waals surface area (Å²) in [6.45, 7) is 0.574. The summed E-state index contributed by atoms with van der Waals surface area (Å²) in [5.74, 6) is 0.697. The zero-order valence-corrected chi connectivity index (χ0v) is 12.5. The van der Waals surface area contributed by atoms with Gasteiger partial charge in [-0.05, 0) is 42.0 Å². The predicted octanol–water partition coefficient (Wildman–Crippen LogP) is 4.01. The fourth-order valence-electron chi connectivity index (χ4n) is 1.84. The molecule has 2 rings (SSSR count). The van der Waals surface area contributed by atoms with Crippen molar-refractivity contribution in [3.05, 3.63) is 66.0 Å². The third-order valence-corrected chi connectivity index (χ3v) is 4.06. The van der Waals surface area contributed by atoms with Crippen LogP contribution in [0.2, 0.25) is 0 Å². The smallest absolute Gasteiger partial charge is 0.220 e. The van der Waals surface area contributed by atoms with Crippen LogP contribution in [0.4, 0.5) is 4.39 Å². The van der Waals surface area contributed by atoms with Crippen LogP contribution in [0.3, 0.4) is 0 Å². The Morgan fingerprint density at radius 1 is 1.05 bits per heavy atom. The third kappa shape index (κ3) is 6.00. The van der Waals surface area contributed by atoms with E-state index in [0.29, 0.717) is 13.0 Å². The molecule has 0 spiro atoms. The number of rotatable bonds is 7. The second-order valence-corrected chi connectivity index (χ2v) is 5.84. The number of hydrogen-bond acceptors (Lipinski definition) is 2. The average molecular weight is 303 g/mol. The fraction of sp³-hybridized carbons (Fsp3) is 0.235. The van der Waals surface area contributed by atoms with Crippen molar-refractivity contribution in [2.75, 3.05) is 5.75 Å². The summed E-state index contributed by atoms with van der Waals surface area (Å²) in [6, 6.07) is 16.3. The second-order valence-electron chi connectivity index (χ2n) is 4.67. The molecule has 1 amide bonds. The van der Waals surface area contributed by atoms with Crippen LogP contribution >= 0.6 is 11.8 Å². The van der Waals surface area contributed by atoms with Gasteiger partial charge in [-0.3, -0.25) is 4.79 Å². The van der Waals surface area contributed by atoms with Crippen LogP contribution in [-0.2, 0) is 11.3 Å². The number of nitrogens with one attached hydrogen (secondary N) is 1. The normalized spacial score (nSPS) is 10.3. The van der Waals surface area contributed by atoms with Gasteiger partial charge < -0.3 is 5.32 Å². The molecule has 2 nitrogen and oxygen atoms in total. The molecular formula is C17H18FNOS. The van der Waals surface area contributed by atoms with Crippen LogP contribution in [0.1, 0.15) is 18.4 Å². The van der Waals surface area contributed by atoms with Crippen molar-refractivity contribution in [1.82, 2.24) is 5.32 Å². The maximum Gasteiger partial charge on any atom is 0.220 e. The zero-order valence-electron chi connectivity index (χ0n) is 11.7. The molecular weight excluding hydrogens is 285 g/mol. The van der Waals surface area contributed by atoms with E-state index in [-0.39, 0.29) is 11.7 Å². The van der Waals surface area contributed by atoms with Crippen molar-refractivity contribution in [1.29, 1.82) is 0 Å². The molecule has 0 radical (unpaired) electrons. The molecule has 0 aliphatic heterocycles. The molecule has 21 heavy (non-hydrogen) atoms. The van der Waals surface area contributed by atoms with E-state index in [9.17, 15) is 9.18 Å². The molecule has 0 heterocycles. The molecule has 0 unspecified atom stereocenters. The van der Waals surface area contributed by atoms with Gasteiger partial charge in [-0.2, -0.15) is 0 Å². The Balaban J connectivity index is 1.60. The highest BCUT2D eigenvalue weighted by molar-refractivity contribution is 7.99. The van der Waals surface area contributed by atoms with Gasteiger partial charge in [0.1, 0.15) is 5.82 Å². The summed E-state index contributed by atoms with van der Waals surface area (Å²) in [5, 5.41) is 2.91.